The van der Waals surface area contributed by atoms with Gasteiger partial charge in [0.15, 0.2) is 0 Å². The summed E-state index contributed by atoms with van der Waals surface area (Å²) in [6.07, 6.45) is 6.11. The van der Waals surface area contributed by atoms with Gasteiger partial charge in [0.05, 0.1) is 22.7 Å². The summed E-state index contributed by atoms with van der Waals surface area (Å²) in [6, 6.07) is 15.7. The van der Waals surface area contributed by atoms with Gasteiger partial charge in [0, 0.05) is 41.8 Å². The quantitative estimate of drug-likeness (QED) is 0.252. The topological polar surface area (TPSA) is 118 Å². The molecule has 4 aromatic rings. The molecule has 0 bridgehead atoms. The predicted octanol–water partition coefficient (Wildman–Crippen LogP) is 5.50. The number of sulfonamides is 1. The molecule has 0 saturated carbocycles. The van der Waals surface area contributed by atoms with E-state index in [1.807, 2.05) is 56.3 Å². The average Bonchev–Trinajstić information content (AvgIpc) is 2.92. The highest BCUT2D eigenvalue weighted by atomic mass is 32.2. The zero-order valence-electron chi connectivity index (χ0n) is 22.4. The minimum atomic E-state index is -3.45. The summed E-state index contributed by atoms with van der Waals surface area (Å²) in [6.45, 7) is 6.86. The number of nitrogens with zero attached hydrogens (tertiary/aromatic N) is 3. The molecule has 1 aliphatic heterocycles. The Balaban J connectivity index is 1.47. The van der Waals surface area contributed by atoms with Crippen LogP contribution in [0.1, 0.15) is 38.7 Å². The second-order valence-electron chi connectivity index (χ2n) is 9.98. The molecule has 0 amide bonds. The first-order valence-electron chi connectivity index (χ1n) is 13.3. The first-order chi connectivity index (χ1) is 18.8. The normalized spacial score (nSPS) is 17.6. The highest BCUT2D eigenvalue weighted by Crippen LogP contribution is 2.38. The molecule has 0 unspecified atom stereocenters. The third kappa shape index (κ3) is 6.29. The molecule has 9 nitrogen and oxygen atoms in total. The Labute approximate surface area is 229 Å². The lowest BCUT2D eigenvalue weighted by molar-refractivity contribution is 0.397. The predicted molar refractivity (Wildman–Crippen MR) is 156 cm³/mol. The van der Waals surface area contributed by atoms with E-state index in [9.17, 15) is 8.42 Å². The van der Waals surface area contributed by atoms with Crippen molar-refractivity contribution < 1.29 is 13.2 Å². The molecule has 0 radical (unpaired) electrons. The molecule has 10 heteroatoms. The van der Waals surface area contributed by atoms with Gasteiger partial charge in [-0.05, 0) is 62.9 Å². The second kappa shape index (κ2) is 11.5. The van der Waals surface area contributed by atoms with Crippen LogP contribution in [0, 0.1) is 6.92 Å². The molecule has 2 atom stereocenters. The molecule has 0 aliphatic carbocycles. The molecule has 3 heterocycles. The molecule has 3 N–H and O–H groups in total. The number of hydrogen-bond donors (Lipinski definition) is 3. The van der Waals surface area contributed by atoms with Crippen molar-refractivity contribution in [2.45, 2.75) is 52.1 Å². The molecular formula is C29H34N6O3S. The van der Waals surface area contributed by atoms with Crippen LogP contribution in [-0.2, 0) is 10.0 Å². The van der Waals surface area contributed by atoms with E-state index in [0.717, 1.165) is 41.3 Å². The Hall–Kier alpha value is -3.76. The number of hydrogen-bond acceptors (Lipinski definition) is 8. The Morgan fingerprint density at radius 3 is 2.69 bits per heavy atom. The van der Waals surface area contributed by atoms with Crippen molar-refractivity contribution in [3.05, 3.63) is 66.5 Å². The Bertz CT molecular complexity index is 1570. The molecule has 5 rings (SSSR count). The molecule has 1 saturated heterocycles. The average molecular weight is 547 g/mol. The summed E-state index contributed by atoms with van der Waals surface area (Å²) in [5.74, 6) is 1.64. The fourth-order valence-corrected chi connectivity index (χ4v) is 5.95. The van der Waals surface area contributed by atoms with Gasteiger partial charge >= 0.3 is 0 Å². The van der Waals surface area contributed by atoms with Crippen LogP contribution in [0.15, 0.2) is 60.9 Å². The van der Waals surface area contributed by atoms with E-state index in [1.54, 1.807) is 18.5 Å². The minimum absolute atomic E-state index is 0.0576. The van der Waals surface area contributed by atoms with Crippen LogP contribution in [0.3, 0.4) is 0 Å². The maximum atomic E-state index is 12.5. The summed E-state index contributed by atoms with van der Waals surface area (Å²) >= 11 is 0. The highest BCUT2D eigenvalue weighted by Gasteiger charge is 2.20. The number of ether oxygens (including phenoxy) is 1. The van der Waals surface area contributed by atoms with Crippen molar-refractivity contribution in [3.8, 4) is 22.9 Å². The number of aromatic nitrogens is 3. The zero-order chi connectivity index (χ0) is 27.4. The van der Waals surface area contributed by atoms with Crippen molar-refractivity contribution in [3.63, 3.8) is 0 Å². The molecule has 2 aromatic heterocycles. The number of pyridine rings is 1. The van der Waals surface area contributed by atoms with Crippen molar-refractivity contribution >= 4 is 32.4 Å². The summed E-state index contributed by atoms with van der Waals surface area (Å²) in [5.41, 5.74) is 2.84. The van der Waals surface area contributed by atoms with Crippen molar-refractivity contribution in [1.82, 2.24) is 20.3 Å². The van der Waals surface area contributed by atoms with Crippen LogP contribution in [-0.4, -0.2) is 47.8 Å². The number of fused-ring (bicyclic) bond motifs is 1. The summed E-state index contributed by atoms with van der Waals surface area (Å²) in [5, 5.41) is 8.47. The molecule has 1 aliphatic rings. The van der Waals surface area contributed by atoms with Crippen LogP contribution >= 0.6 is 0 Å². The summed E-state index contributed by atoms with van der Waals surface area (Å²) in [4.78, 5) is 13.7. The van der Waals surface area contributed by atoms with Crippen molar-refractivity contribution in [2.24, 2.45) is 0 Å². The molecule has 204 valence electrons. The number of anilines is 2. The fraction of sp³-hybridized carbons (Fsp3) is 0.345. The van der Waals surface area contributed by atoms with E-state index < -0.39 is 10.0 Å². The zero-order valence-corrected chi connectivity index (χ0v) is 23.3. The first kappa shape index (κ1) is 26.8. The summed E-state index contributed by atoms with van der Waals surface area (Å²) < 4.78 is 34.2. The smallest absolute Gasteiger partial charge is 0.232 e. The van der Waals surface area contributed by atoms with E-state index in [0.29, 0.717) is 41.4 Å². The lowest BCUT2D eigenvalue weighted by Gasteiger charge is -2.28. The Kier molecular flexibility index (Phi) is 7.94. The molecular weight excluding hydrogens is 512 g/mol. The van der Waals surface area contributed by atoms with Gasteiger partial charge in [0.2, 0.25) is 21.9 Å². The Morgan fingerprint density at radius 1 is 1.03 bits per heavy atom. The van der Waals surface area contributed by atoms with E-state index in [4.69, 9.17) is 9.72 Å². The first-order valence-corrected chi connectivity index (χ1v) is 15.0. The largest absolute Gasteiger partial charge is 0.437 e. The van der Waals surface area contributed by atoms with Crippen LogP contribution in [0.25, 0.3) is 22.0 Å². The number of benzene rings is 2. The van der Waals surface area contributed by atoms with Gasteiger partial charge in [0.1, 0.15) is 5.75 Å². The second-order valence-corrected chi connectivity index (χ2v) is 11.8. The highest BCUT2D eigenvalue weighted by molar-refractivity contribution is 7.92. The maximum absolute atomic E-state index is 12.5. The summed E-state index contributed by atoms with van der Waals surface area (Å²) in [7, 11) is -3.45. The van der Waals surface area contributed by atoms with Crippen LogP contribution in [0.2, 0.25) is 0 Å². The van der Waals surface area contributed by atoms with Crippen molar-refractivity contribution in [1.29, 1.82) is 0 Å². The molecule has 39 heavy (non-hydrogen) atoms. The Morgan fingerprint density at radius 2 is 1.90 bits per heavy atom. The van der Waals surface area contributed by atoms with E-state index >= 15 is 0 Å². The van der Waals surface area contributed by atoms with Gasteiger partial charge in [-0.1, -0.05) is 31.2 Å². The number of aryl methyl sites for hydroxylation is 1. The van der Waals surface area contributed by atoms with Crippen LogP contribution in [0.4, 0.5) is 11.6 Å². The van der Waals surface area contributed by atoms with Gasteiger partial charge in [-0.15, -0.1) is 0 Å². The van der Waals surface area contributed by atoms with Gasteiger partial charge in [-0.3, -0.25) is 4.72 Å². The number of rotatable bonds is 9. The standard InChI is InChI=1S/C29H34N6O3S/c1-4-17-39(36,37)35-26-9-5-7-23-22(26)13-10-19(2)27(23)38-28-24(8-6-15-30-28)25-14-16-31-29(34-25)33-21-12-11-20(3)32-18-21/h5-10,13-16,20-21,32,35H,4,11-12,17-18H2,1-3H3,(H,31,33,34)/t20-,21-/m0/s1. The van der Waals surface area contributed by atoms with E-state index in [1.165, 1.54) is 0 Å². The van der Waals surface area contributed by atoms with Crippen LogP contribution < -0.4 is 20.1 Å². The molecule has 0 spiro atoms. The van der Waals surface area contributed by atoms with E-state index in [-0.39, 0.29) is 11.8 Å². The third-order valence-electron chi connectivity index (χ3n) is 6.84. The maximum Gasteiger partial charge on any atom is 0.232 e. The monoisotopic (exact) mass is 546 g/mol. The van der Waals surface area contributed by atoms with Crippen molar-refractivity contribution in [2.75, 3.05) is 22.3 Å². The van der Waals surface area contributed by atoms with Gasteiger partial charge in [-0.25, -0.2) is 23.4 Å². The SMILES string of the molecule is CCCS(=O)(=O)Nc1cccc2c(Oc3ncccc3-c3ccnc(N[C@H]4CC[C@H](C)NC4)n3)c(C)ccc12. The molecule has 2 aromatic carbocycles. The van der Waals surface area contributed by atoms with Gasteiger partial charge in [-0.2, -0.15) is 0 Å². The van der Waals surface area contributed by atoms with Gasteiger partial charge < -0.3 is 15.4 Å². The van der Waals surface area contributed by atoms with E-state index in [2.05, 4.69) is 32.2 Å². The van der Waals surface area contributed by atoms with Gasteiger partial charge in [0.25, 0.3) is 0 Å². The number of nitrogens with one attached hydrogen (secondary N) is 3. The number of piperidine rings is 1. The lowest BCUT2D eigenvalue weighted by Crippen LogP contribution is -2.43. The fourth-order valence-electron chi connectivity index (χ4n) is 4.80. The lowest BCUT2D eigenvalue weighted by atomic mass is 10.0. The molecule has 1 fully saturated rings. The minimum Gasteiger partial charge on any atom is -0.437 e. The third-order valence-corrected chi connectivity index (χ3v) is 8.32. The van der Waals surface area contributed by atoms with Crippen LogP contribution in [0.5, 0.6) is 11.6 Å².